The van der Waals surface area contributed by atoms with E-state index in [2.05, 4.69) is 88.3 Å². The Morgan fingerprint density at radius 1 is 0.430 bits per heavy atom. The van der Waals surface area contributed by atoms with Crippen LogP contribution in [0.2, 0.25) is 0 Å². The normalized spacial score (nSPS) is 18.7. The second-order valence-corrected chi connectivity index (χ2v) is 29.8. The van der Waals surface area contributed by atoms with Gasteiger partial charge in [0.15, 0.2) is 0 Å². The van der Waals surface area contributed by atoms with Gasteiger partial charge < -0.3 is 76.2 Å². The number of nitrogen functional groups attached to an aromatic ring is 1. The molecule has 4 fully saturated rings. The summed E-state index contributed by atoms with van der Waals surface area (Å²) >= 11 is 0. The molecular weight excluding hydrogens is 1560 g/mol. The molecule has 34 heteroatoms. The fraction of sp³-hybridized carbons (Fsp3) is 0.276. The minimum Gasteiger partial charge on any atom is -0.497 e. The first-order chi connectivity index (χ1) is 58.1. The third kappa shape index (κ3) is 17.2. The van der Waals surface area contributed by atoms with E-state index < -0.39 is 85.0 Å². The monoisotopic (exact) mass is 1640 g/mol. The lowest BCUT2D eigenvalue weighted by atomic mass is 9.99. The lowest BCUT2D eigenvalue weighted by molar-refractivity contribution is -0.123. The molecule has 0 spiro atoms. The summed E-state index contributed by atoms with van der Waals surface area (Å²) in [5.74, 6) is 16.1. The number of imide groups is 3. The van der Waals surface area contributed by atoms with Crippen molar-refractivity contribution < 1.29 is 62.1 Å². The van der Waals surface area contributed by atoms with Crippen LogP contribution in [0.15, 0.2) is 156 Å². The van der Waals surface area contributed by atoms with Gasteiger partial charge in [-0.3, -0.25) is 78.4 Å². The molecule has 0 radical (unpaired) electrons. The van der Waals surface area contributed by atoms with Crippen molar-refractivity contribution in [1.82, 2.24) is 56.4 Å². The number of hydrogen-bond acceptors (Lipinski definition) is 25. The van der Waals surface area contributed by atoms with Gasteiger partial charge in [-0.1, -0.05) is 53.7 Å². The Kier molecular flexibility index (Phi) is 23.3. The van der Waals surface area contributed by atoms with E-state index in [0.29, 0.717) is 116 Å². The maximum absolute atomic E-state index is 13.1. The summed E-state index contributed by atoms with van der Waals surface area (Å²) in [7, 11) is 8.43. The summed E-state index contributed by atoms with van der Waals surface area (Å²) in [5.41, 5.74) is 5.87. The van der Waals surface area contributed by atoms with E-state index in [0.717, 1.165) is 55.7 Å². The number of anilines is 7. The number of benzene rings is 6. The van der Waals surface area contributed by atoms with Crippen LogP contribution in [-0.4, -0.2) is 189 Å². The van der Waals surface area contributed by atoms with Crippen molar-refractivity contribution in [1.29, 1.82) is 0 Å². The Morgan fingerprint density at radius 2 is 0.760 bits per heavy atom. The number of ether oxygens (including phenoxy) is 4. The number of amides is 12. The topological polar surface area (TPSA) is 443 Å². The first-order valence-electron chi connectivity index (χ1n) is 38.2. The smallest absolute Gasteiger partial charge is 0.323 e. The molecule has 0 aliphatic carbocycles. The number of urea groups is 3. The average molecular weight is 1640 g/mol. The van der Waals surface area contributed by atoms with Crippen LogP contribution in [0.5, 0.6) is 17.2 Å². The number of methoxy groups -OCH3 is 3. The van der Waals surface area contributed by atoms with E-state index in [4.69, 9.17) is 24.7 Å². The molecule has 11 N–H and O–H groups in total. The second kappa shape index (κ2) is 34.3. The van der Waals surface area contributed by atoms with Crippen molar-refractivity contribution in [3.8, 4) is 52.8 Å². The first kappa shape index (κ1) is 82.5. The SMILES string of the molecule is COc1ccc2c(c1)C(=O)N(C[C@@]1(C#Cc3ccc(Nc4c(CCCN(C)C)c(=O)c4=O)cc3)NC(=O)NC1=O)C2.COc1ccc2c(c1)C(=O)N(C[C@@]1(C#Cc3ccc(Nc4c(CCCN5CCOCC5)c(=O)c4=O)cc3)NC(=O)NC1=O)C2.COc1ccc2c(c1)C(=O)N(C[C@@]1(C#Cc3ccc(Nc4c(N)c(=O)c4=O)cc3)NC(=O)NC1=O)C2. The van der Waals surface area contributed by atoms with Crippen molar-refractivity contribution in [3.05, 3.63) is 250 Å². The zero-order valence-corrected chi connectivity index (χ0v) is 66.0. The average Bonchev–Trinajstić information content (AvgIpc) is 1.66. The van der Waals surface area contributed by atoms with E-state index in [1.165, 1.54) is 36.0 Å². The zero-order chi connectivity index (χ0) is 85.8. The molecule has 34 nitrogen and oxygen atoms in total. The lowest BCUT2D eigenvalue weighted by Gasteiger charge is -2.26. The quantitative estimate of drug-likeness (QED) is 0.0249. The molecular formula is C87H79N15O19. The Balaban J connectivity index is 0.000000149. The molecule has 7 heterocycles. The molecule has 0 saturated carbocycles. The van der Waals surface area contributed by atoms with Gasteiger partial charge in [0, 0.05) is 94.3 Å². The number of hydrogen-bond donors (Lipinski definition) is 10. The molecule has 7 aliphatic heterocycles. The highest BCUT2D eigenvalue weighted by molar-refractivity contribution is 6.12. The number of nitrogens with zero attached hydrogens (tertiary/aromatic N) is 5. The highest BCUT2D eigenvalue weighted by atomic mass is 16.5. The van der Waals surface area contributed by atoms with Crippen molar-refractivity contribution in [2.24, 2.45) is 0 Å². The minimum atomic E-state index is -1.65. The van der Waals surface area contributed by atoms with E-state index in [1.807, 2.05) is 19.0 Å². The standard InChI is InChI=1S/C32H31N5O7.C30H29N5O6.C25H19N5O6/c1-43-23-9-6-21-18-37(29(40)25(21)17-23)19-32(30(41)34-31(42)35-32)11-10-20-4-7-22(8-5-20)33-26-24(27(38)28(26)39)3-2-12-36-13-15-44-16-14-36;1-34(2)14-4-5-22-24(26(37)25(22)36)31-20-9-6-18(7-10-20)12-13-30(28(39)32-29(40)33-30)17-35-16-19-8-11-21(41-3)15-23(19)27(35)38;1-36-16-7-4-14-11-30(22(33)17(14)10-16)12-25(23(34)28-24(35)29-25)9-8-13-2-5-15(6-3-13)27-19-18(26)20(31)21(19)32/h4-9,17,33H,2-3,12-16,18-19H2,1H3,(H2,34,35,41,42);6-11,15,31H,4-5,14,16-17H2,1-3H3,(H2,32,33,39,40);2-7,10,27H,11-12,26H2,1H3,(H2,28,29,34,35)/t32-;30-;25-/m111/s1. The number of fused-ring (bicyclic) bond motifs is 3. The fourth-order valence-electron chi connectivity index (χ4n) is 14.7. The van der Waals surface area contributed by atoms with Crippen LogP contribution < -0.4 is 100 Å². The largest absolute Gasteiger partial charge is 0.497 e. The number of carbonyl (C=O) groups excluding carboxylic acids is 9. The molecule has 9 aromatic carbocycles. The van der Waals surface area contributed by atoms with Crippen LogP contribution in [0.3, 0.4) is 0 Å². The van der Waals surface area contributed by atoms with Gasteiger partial charge in [-0.25, -0.2) is 14.4 Å². The van der Waals surface area contributed by atoms with Crippen molar-refractivity contribution in [2.45, 2.75) is 61.9 Å². The minimum absolute atomic E-state index is 0.0389. The zero-order valence-electron chi connectivity index (χ0n) is 66.0. The number of carbonyl (C=O) groups is 9. The molecule has 0 bridgehead atoms. The van der Waals surface area contributed by atoms with Gasteiger partial charge in [0.25, 0.3) is 46.3 Å². The van der Waals surface area contributed by atoms with Crippen molar-refractivity contribution in [2.75, 3.05) is 116 Å². The van der Waals surface area contributed by atoms with Gasteiger partial charge in [-0.15, -0.1) is 0 Å². The third-order valence-electron chi connectivity index (χ3n) is 21.4. The van der Waals surface area contributed by atoms with Gasteiger partial charge in [0.05, 0.1) is 65.6 Å². The summed E-state index contributed by atoms with van der Waals surface area (Å²) in [5, 5.41) is 23.3. The second-order valence-electron chi connectivity index (χ2n) is 29.8. The molecule has 12 amide bonds. The van der Waals surface area contributed by atoms with E-state index in [-0.39, 0.29) is 68.4 Å². The maximum Gasteiger partial charge on any atom is 0.323 e. The van der Waals surface area contributed by atoms with Gasteiger partial charge in [0.2, 0.25) is 38.3 Å². The molecule has 3 atom stereocenters. The summed E-state index contributed by atoms with van der Waals surface area (Å²) in [6.45, 7) is 5.12. The van der Waals surface area contributed by atoms with Crippen LogP contribution in [0, 0.1) is 35.5 Å². The van der Waals surface area contributed by atoms with E-state index >= 15 is 0 Å². The molecule has 0 unspecified atom stereocenters. The molecule has 616 valence electrons. The predicted molar refractivity (Wildman–Crippen MR) is 442 cm³/mol. The lowest BCUT2D eigenvalue weighted by Crippen LogP contribution is -2.54. The van der Waals surface area contributed by atoms with Gasteiger partial charge >= 0.3 is 18.1 Å². The molecule has 121 heavy (non-hydrogen) atoms. The van der Waals surface area contributed by atoms with Crippen LogP contribution in [-0.2, 0) is 51.6 Å². The highest BCUT2D eigenvalue weighted by Gasteiger charge is 2.51. The molecule has 4 saturated heterocycles. The Hall–Kier alpha value is -15.1. The van der Waals surface area contributed by atoms with Crippen LogP contribution in [0.4, 0.5) is 54.2 Å². The van der Waals surface area contributed by atoms with Crippen LogP contribution in [0.25, 0.3) is 0 Å². The Bertz CT molecular complexity index is 6200. The van der Waals surface area contributed by atoms with Crippen molar-refractivity contribution >= 4 is 93.3 Å². The van der Waals surface area contributed by atoms with Gasteiger partial charge in [-0.05, 0) is 179 Å². The molecule has 16 rings (SSSR count). The van der Waals surface area contributed by atoms with E-state index in [9.17, 15) is 71.9 Å². The Labute approximate surface area is 689 Å². The van der Waals surface area contributed by atoms with Crippen molar-refractivity contribution in [3.63, 3.8) is 0 Å². The fourth-order valence-corrected chi connectivity index (χ4v) is 14.7. The summed E-state index contributed by atoms with van der Waals surface area (Å²) < 4.78 is 21.0. The molecule has 7 aliphatic rings. The third-order valence-corrected chi connectivity index (χ3v) is 21.4. The molecule has 0 aromatic heterocycles. The number of nitrogens with two attached hydrogens (primary N) is 1. The number of morpholine rings is 1. The summed E-state index contributed by atoms with van der Waals surface area (Å²) in [6.07, 6.45) is 2.56. The molecule has 9 aromatic rings. The maximum atomic E-state index is 13.1. The number of nitrogens with one attached hydrogen (secondary N) is 9. The number of rotatable bonds is 23. The first-order valence-corrected chi connectivity index (χ1v) is 38.2. The summed E-state index contributed by atoms with van der Waals surface area (Å²) in [4.78, 5) is 194. The van der Waals surface area contributed by atoms with Crippen LogP contribution in [0.1, 0.15) is 88.4 Å². The summed E-state index contributed by atoms with van der Waals surface area (Å²) in [6, 6.07) is 33.6. The van der Waals surface area contributed by atoms with Gasteiger partial charge in [-0.2, -0.15) is 0 Å². The predicted octanol–water partition coefficient (Wildman–Crippen LogP) is 2.20. The van der Waals surface area contributed by atoms with E-state index in [1.54, 1.807) is 127 Å². The Morgan fingerprint density at radius 3 is 1.07 bits per heavy atom. The highest BCUT2D eigenvalue weighted by Crippen LogP contribution is 2.33. The van der Waals surface area contributed by atoms with Crippen LogP contribution >= 0.6 is 0 Å². The van der Waals surface area contributed by atoms with Gasteiger partial charge in [0.1, 0.15) is 28.6 Å².